The standard InChI is InChI=1S/C12H14Cl2O2/c1-4-7(2)12(15)8-5-11(16-3)10(14)6-9(8)13/h5-7H,4H2,1-3H3. The predicted molar refractivity (Wildman–Crippen MR) is 66.8 cm³/mol. The summed E-state index contributed by atoms with van der Waals surface area (Å²) in [5.74, 6) is 0.434. The van der Waals surface area contributed by atoms with Crippen LogP contribution in [0.2, 0.25) is 10.0 Å². The molecule has 0 aliphatic carbocycles. The van der Waals surface area contributed by atoms with E-state index in [4.69, 9.17) is 27.9 Å². The Labute approximate surface area is 106 Å². The number of halogens is 2. The number of methoxy groups -OCH3 is 1. The fraction of sp³-hybridized carbons (Fsp3) is 0.417. The van der Waals surface area contributed by atoms with Crippen molar-refractivity contribution in [2.45, 2.75) is 20.3 Å². The van der Waals surface area contributed by atoms with Gasteiger partial charge in [-0.1, -0.05) is 37.0 Å². The van der Waals surface area contributed by atoms with E-state index >= 15 is 0 Å². The number of ether oxygens (including phenoxy) is 1. The van der Waals surface area contributed by atoms with Gasteiger partial charge in [-0.3, -0.25) is 4.79 Å². The molecule has 0 N–H and O–H groups in total. The van der Waals surface area contributed by atoms with Crippen LogP contribution in [-0.4, -0.2) is 12.9 Å². The third-order valence-corrected chi connectivity index (χ3v) is 3.17. The zero-order valence-corrected chi connectivity index (χ0v) is 11.0. The van der Waals surface area contributed by atoms with Gasteiger partial charge in [-0.25, -0.2) is 0 Å². The summed E-state index contributed by atoms with van der Waals surface area (Å²) in [7, 11) is 1.51. The van der Waals surface area contributed by atoms with Gasteiger partial charge in [-0.15, -0.1) is 0 Å². The van der Waals surface area contributed by atoms with Crippen LogP contribution in [0.25, 0.3) is 0 Å². The highest BCUT2D eigenvalue weighted by atomic mass is 35.5. The molecule has 0 amide bonds. The first-order chi connectivity index (χ1) is 7.51. The van der Waals surface area contributed by atoms with Gasteiger partial charge in [0.25, 0.3) is 0 Å². The third kappa shape index (κ3) is 2.69. The summed E-state index contributed by atoms with van der Waals surface area (Å²) in [6.07, 6.45) is 0.778. The summed E-state index contributed by atoms with van der Waals surface area (Å²) in [4.78, 5) is 12.0. The molecule has 1 rings (SSSR count). The lowest BCUT2D eigenvalue weighted by Gasteiger charge is -2.11. The SMILES string of the molecule is CCC(C)C(=O)c1cc(OC)c(Cl)cc1Cl. The maximum Gasteiger partial charge on any atom is 0.167 e. The second-order valence-electron chi connectivity index (χ2n) is 3.64. The molecule has 0 spiro atoms. The Morgan fingerprint density at radius 3 is 2.50 bits per heavy atom. The maximum atomic E-state index is 12.0. The number of carbonyl (C=O) groups excluding carboxylic acids is 1. The molecule has 16 heavy (non-hydrogen) atoms. The summed E-state index contributed by atoms with van der Waals surface area (Å²) in [6.45, 7) is 3.84. The van der Waals surface area contributed by atoms with Crippen molar-refractivity contribution in [2.75, 3.05) is 7.11 Å². The molecule has 0 saturated heterocycles. The molecule has 0 saturated carbocycles. The van der Waals surface area contributed by atoms with E-state index in [1.165, 1.54) is 13.2 Å². The summed E-state index contributed by atoms with van der Waals surface area (Å²) >= 11 is 11.9. The number of benzene rings is 1. The van der Waals surface area contributed by atoms with E-state index in [9.17, 15) is 4.79 Å². The van der Waals surface area contributed by atoms with Crippen LogP contribution in [0.1, 0.15) is 30.6 Å². The zero-order chi connectivity index (χ0) is 12.3. The van der Waals surface area contributed by atoms with Gasteiger partial charge in [0, 0.05) is 11.5 Å². The second kappa shape index (κ2) is 5.55. The molecular weight excluding hydrogens is 247 g/mol. The van der Waals surface area contributed by atoms with Crippen molar-refractivity contribution in [3.8, 4) is 5.75 Å². The molecule has 1 atom stereocenters. The molecule has 1 unspecified atom stereocenters. The number of Topliss-reactive ketones (excluding diaryl/α,β-unsaturated/α-hetero) is 1. The number of ketones is 1. The van der Waals surface area contributed by atoms with Crippen molar-refractivity contribution in [2.24, 2.45) is 5.92 Å². The average Bonchev–Trinajstić information content (AvgIpc) is 2.27. The fourth-order valence-electron chi connectivity index (χ4n) is 1.33. The summed E-state index contributed by atoms with van der Waals surface area (Å²) in [5.41, 5.74) is 0.470. The first-order valence-corrected chi connectivity index (χ1v) is 5.84. The Bertz CT molecular complexity index is 402. The molecule has 0 heterocycles. The maximum absolute atomic E-state index is 12.0. The Morgan fingerprint density at radius 2 is 2.00 bits per heavy atom. The van der Waals surface area contributed by atoms with Gasteiger partial charge >= 0.3 is 0 Å². The van der Waals surface area contributed by atoms with Crippen LogP contribution in [0.3, 0.4) is 0 Å². The van der Waals surface area contributed by atoms with Crippen molar-refractivity contribution >= 4 is 29.0 Å². The zero-order valence-electron chi connectivity index (χ0n) is 9.51. The molecule has 1 aromatic rings. The summed E-state index contributed by atoms with van der Waals surface area (Å²) < 4.78 is 5.06. The van der Waals surface area contributed by atoms with Crippen molar-refractivity contribution in [3.63, 3.8) is 0 Å². The highest BCUT2D eigenvalue weighted by molar-refractivity contribution is 6.37. The van der Waals surface area contributed by atoms with Crippen LogP contribution in [0.15, 0.2) is 12.1 Å². The quantitative estimate of drug-likeness (QED) is 0.758. The van der Waals surface area contributed by atoms with Crippen LogP contribution in [-0.2, 0) is 0 Å². The highest BCUT2D eigenvalue weighted by Crippen LogP contribution is 2.32. The molecule has 0 aromatic heterocycles. The van der Waals surface area contributed by atoms with E-state index in [0.29, 0.717) is 21.4 Å². The van der Waals surface area contributed by atoms with Crippen molar-refractivity contribution in [1.29, 1.82) is 0 Å². The molecular formula is C12H14Cl2O2. The van der Waals surface area contributed by atoms with Gasteiger partial charge in [-0.05, 0) is 18.6 Å². The van der Waals surface area contributed by atoms with Crippen LogP contribution in [0.5, 0.6) is 5.75 Å². The first kappa shape index (κ1) is 13.3. The van der Waals surface area contributed by atoms with E-state index in [1.807, 2.05) is 13.8 Å². The van der Waals surface area contributed by atoms with E-state index in [0.717, 1.165) is 6.42 Å². The van der Waals surface area contributed by atoms with E-state index in [1.54, 1.807) is 6.07 Å². The van der Waals surface area contributed by atoms with Crippen LogP contribution < -0.4 is 4.74 Å². The number of hydrogen-bond acceptors (Lipinski definition) is 2. The van der Waals surface area contributed by atoms with Crippen molar-refractivity contribution in [3.05, 3.63) is 27.7 Å². The Balaban J connectivity index is 3.18. The van der Waals surface area contributed by atoms with Crippen LogP contribution in [0, 0.1) is 5.92 Å². The van der Waals surface area contributed by atoms with Gasteiger partial charge in [0.2, 0.25) is 0 Å². The molecule has 0 aliphatic heterocycles. The van der Waals surface area contributed by atoms with Gasteiger partial charge in [-0.2, -0.15) is 0 Å². The van der Waals surface area contributed by atoms with E-state index in [2.05, 4.69) is 0 Å². The molecule has 0 radical (unpaired) electrons. The normalized spacial score (nSPS) is 12.3. The fourth-order valence-corrected chi connectivity index (χ4v) is 1.88. The monoisotopic (exact) mass is 260 g/mol. The van der Waals surface area contributed by atoms with E-state index in [-0.39, 0.29) is 11.7 Å². The minimum atomic E-state index is -0.0524. The lowest BCUT2D eigenvalue weighted by atomic mass is 9.97. The smallest absolute Gasteiger partial charge is 0.167 e. The third-order valence-electron chi connectivity index (χ3n) is 2.57. The lowest BCUT2D eigenvalue weighted by molar-refractivity contribution is 0.0927. The number of carbonyl (C=O) groups is 1. The predicted octanol–water partition coefficient (Wildman–Crippen LogP) is 4.23. The molecule has 0 bridgehead atoms. The van der Waals surface area contributed by atoms with Crippen molar-refractivity contribution < 1.29 is 9.53 Å². The summed E-state index contributed by atoms with van der Waals surface area (Å²) in [5, 5.41) is 0.782. The Kier molecular flexibility index (Phi) is 4.63. The average molecular weight is 261 g/mol. The molecule has 4 heteroatoms. The Morgan fingerprint density at radius 1 is 1.38 bits per heavy atom. The topological polar surface area (TPSA) is 26.3 Å². The highest BCUT2D eigenvalue weighted by Gasteiger charge is 2.18. The molecule has 1 aromatic carbocycles. The Hall–Kier alpha value is -0.730. The van der Waals surface area contributed by atoms with Crippen LogP contribution in [0.4, 0.5) is 0 Å². The largest absolute Gasteiger partial charge is 0.495 e. The van der Waals surface area contributed by atoms with Gasteiger partial charge in [0.1, 0.15) is 5.75 Å². The van der Waals surface area contributed by atoms with Gasteiger partial charge in [0.05, 0.1) is 17.2 Å². The van der Waals surface area contributed by atoms with Gasteiger partial charge < -0.3 is 4.74 Å². The minimum Gasteiger partial charge on any atom is -0.495 e. The minimum absolute atomic E-state index is 0.0162. The second-order valence-corrected chi connectivity index (χ2v) is 4.45. The first-order valence-electron chi connectivity index (χ1n) is 5.08. The number of rotatable bonds is 4. The molecule has 0 aliphatic rings. The molecule has 0 fully saturated rings. The van der Waals surface area contributed by atoms with E-state index < -0.39 is 0 Å². The van der Waals surface area contributed by atoms with Crippen molar-refractivity contribution in [1.82, 2.24) is 0 Å². The molecule has 2 nitrogen and oxygen atoms in total. The summed E-state index contributed by atoms with van der Waals surface area (Å²) in [6, 6.07) is 3.14. The lowest BCUT2D eigenvalue weighted by Crippen LogP contribution is -2.11. The number of hydrogen-bond donors (Lipinski definition) is 0. The van der Waals surface area contributed by atoms with Crippen LogP contribution >= 0.6 is 23.2 Å². The van der Waals surface area contributed by atoms with Gasteiger partial charge in [0.15, 0.2) is 5.78 Å². The molecule has 88 valence electrons.